The van der Waals surface area contributed by atoms with Crippen LogP contribution in [0.4, 0.5) is 22.7 Å². The van der Waals surface area contributed by atoms with Crippen molar-refractivity contribution in [3.8, 4) is 16.9 Å². The standard InChI is InChI=1S/C55H45N4.Pt/c1-37-28-38(2)54(39(3)29-37)42-31-41(32-46(34-42)58-36-57(45-18-10-7-11-19-45)50-22-14-15-23-51(50)58)30-40-24-25-48-47-20-12-13-21-49(47)59(52(48)33-40)53-35-44(26-27-56-53)55(4,5)43-16-8-6-9-17-43;/h6-29,31,34-36H,30H2,1-5H3;/q-3;/i30D2;. The second-order valence-corrected chi connectivity index (χ2v) is 16.1. The molecule has 0 N–H and O–H groups in total. The number of fused-ring (bicyclic) bond motifs is 4. The zero-order valence-corrected chi connectivity index (χ0v) is 36.5. The predicted molar refractivity (Wildman–Crippen MR) is 245 cm³/mol. The van der Waals surface area contributed by atoms with E-state index >= 15 is 0 Å². The van der Waals surface area contributed by atoms with E-state index in [9.17, 15) is 2.74 Å². The second kappa shape index (κ2) is 15.8. The molecule has 7 aromatic carbocycles. The molecule has 0 saturated heterocycles. The largest absolute Gasteiger partial charge is 0.493 e. The number of benzene rings is 7. The van der Waals surface area contributed by atoms with Crippen LogP contribution in [0.5, 0.6) is 0 Å². The molecule has 0 saturated carbocycles. The summed E-state index contributed by atoms with van der Waals surface area (Å²) in [4.78, 5) is 9.25. The van der Waals surface area contributed by atoms with Gasteiger partial charge in [0.25, 0.3) is 0 Å². The van der Waals surface area contributed by atoms with Gasteiger partial charge in [-0.25, -0.2) is 4.98 Å². The zero-order chi connectivity index (χ0) is 42.0. The van der Waals surface area contributed by atoms with Crippen molar-refractivity contribution >= 4 is 44.6 Å². The van der Waals surface area contributed by atoms with Gasteiger partial charge in [-0.3, -0.25) is 0 Å². The molecule has 1 aliphatic rings. The number of hydrogen-bond acceptors (Lipinski definition) is 3. The van der Waals surface area contributed by atoms with Crippen LogP contribution in [0.2, 0.25) is 0 Å². The molecule has 0 bridgehead atoms. The fraction of sp³-hybridized carbons (Fsp3) is 0.127. The molecule has 2 aromatic heterocycles. The Labute approximate surface area is 370 Å². The fourth-order valence-corrected chi connectivity index (χ4v) is 8.93. The first kappa shape index (κ1) is 36.8. The van der Waals surface area contributed by atoms with Crippen LogP contribution in [-0.4, -0.2) is 9.55 Å². The molecule has 0 fully saturated rings. The summed E-state index contributed by atoms with van der Waals surface area (Å²) in [6.45, 7) is 13.0. The summed E-state index contributed by atoms with van der Waals surface area (Å²) in [6.07, 6.45) is -0.113. The number of rotatable bonds is 8. The summed E-state index contributed by atoms with van der Waals surface area (Å²) in [5, 5.41) is 2.04. The molecule has 3 heterocycles. The molecule has 0 aliphatic carbocycles. The van der Waals surface area contributed by atoms with Gasteiger partial charge in [0.05, 0.1) is 0 Å². The van der Waals surface area contributed by atoms with E-state index < -0.39 is 6.37 Å². The molecule has 0 unspecified atom stereocenters. The van der Waals surface area contributed by atoms with Crippen LogP contribution in [-0.2, 0) is 32.9 Å². The Morgan fingerprint density at radius 3 is 2.05 bits per heavy atom. The molecule has 10 rings (SSSR count). The zero-order valence-electron chi connectivity index (χ0n) is 36.3. The molecule has 0 atom stereocenters. The molecule has 9 aromatic rings. The maximum absolute atomic E-state index is 10.0. The van der Waals surface area contributed by atoms with Crippen LogP contribution in [0.25, 0.3) is 38.8 Å². The maximum atomic E-state index is 10.0. The number of nitrogens with zero attached hydrogens (tertiary/aromatic N) is 4. The average Bonchev–Trinajstić information content (AvgIpc) is 3.83. The predicted octanol–water partition coefficient (Wildman–Crippen LogP) is 13.7. The van der Waals surface area contributed by atoms with Gasteiger partial charge in [0.2, 0.25) is 0 Å². The molecular weight excluding hydrogens is 912 g/mol. The average molecular weight is 959 g/mol. The van der Waals surface area contributed by atoms with E-state index in [-0.39, 0.29) is 26.5 Å². The van der Waals surface area contributed by atoms with Crippen LogP contribution in [0.1, 0.15) is 55.5 Å². The van der Waals surface area contributed by atoms with Crippen molar-refractivity contribution in [3.63, 3.8) is 0 Å². The minimum atomic E-state index is -1.99. The van der Waals surface area contributed by atoms with Crippen molar-refractivity contribution in [2.45, 2.75) is 46.4 Å². The summed E-state index contributed by atoms with van der Waals surface area (Å²) < 4.78 is 22.2. The Balaban J connectivity index is 0.00000490. The Morgan fingerprint density at radius 1 is 0.633 bits per heavy atom. The maximum Gasteiger partial charge on any atom is 0.135 e. The summed E-state index contributed by atoms with van der Waals surface area (Å²) in [6, 6.07) is 61.4. The molecule has 0 radical (unpaired) electrons. The van der Waals surface area contributed by atoms with Crippen molar-refractivity contribution in [2.24, 2.45) is 0 Å². The molecule has 0 spiro atoms. The van der Waals surface area contributed by atoms with Gasteiger partial charge in [0, 0.05) is 58.0 Å². The van der Waals surface area contributed by atoms with Crippen LogP contribution < -0.4 is 9.80 Å². The smallest absolute Gasteiger partial charge is 0.135 e. The SMILES string of the molecule is [2H]C([2H])(c1[c-]c2c(cc1)c1ccccc1n2-c1cc(C(C)(C)c2ccccc2)ccn1)c1[c-]c(N2[CH-]N(c3ccccc3)c3ccccc32)cc(-c2c(C)cc(C)cc2C)c1.[Pt]. The fourth-order valence-electron chi connectivity index (χ4n) is 8.93. The Hall–Kier alpha value is -6.22. The minimum absolute atomic E-state index is 0. The van der Waals surface area contributed by atoms with Gasteiger partial charge < -0.3 is 14.4 Å². The summed E-state index contributed by atoms with van der Waals surface area (Å²) in [5.74, 6) is 0.758. The number of anilines is 4. The summed E-state index contributed by atoms with van der Waals surface area (Å²) in [7, 11) is 0. The van der Waals surface area contributed by atoms with E-state index in [1.807, 2.05) is 66.9 Å². The third kappa shape index (κ3) is 6.93. The van der Waals surface area contributed by atoms with Crippen molar-refractivity contribution in [2.75, 3.05) is 9.80 Å². The molecule has 5 heteroatoms. The van der Waals surface area contributed by atoms with E-state index in [1.165, 1.54) is 11.1 Å². The Kier molecular flexibility index (Phi) is 9.67. The summed E-state index contributed by atoms with van der Waals surface area (Å²) in [5.41, 5.74) is 14.0. The molecule has 4 nitrogen and oxygen atoms in total. The number of pyridine rings is 1. The first-order chi connectivity index (χ1) is 29.5. The van der Waals surface area contributed by atoms with Gasteiger partial charge in [-0.2, -0.15) is 41.5 Å². The van der Waals surface area contributed by atoms with Gasteiger partial charge in [-0.1, -0.05) is 116 Å². The number of hydrogen-bond donors (Lipinski definition) is 0. The normalized spacial score (nSPS) is 13.3. The Bertz CT molecular complexity index is 3100. The third-order valence-electron chi connectivity index (χ3n) is 11.8. The topological polar surface area (TPSA) is 24.3 Å². The number of aromatic nitrogens is 2. The number of aryl methyl sites for hydroxylation is 3. The van der Waals surface area contributed by atoms with Crippen LogP contribution in [0, 0.1) is 39.6 Å². The van der Waals surface area contributed by atoms with Gasteiger partial charge in [-0.15, -0.1) is 29.4 Å². The van der Waals surface area contributed by atoms with Gasteiger partial charge in [0.1, 0.15) is 5.82 Å². The van der Waals surface area contributed by atoms with E-state index in [4.69, 9.17) is 4.98 Å². The molecule has 60 heavy (non-hydrogen) atoms. The van der Waals surface area contributed by atoms with Gasteiger partial charge >= 0.3 is 0 Å². The van der Waals surface area contributed by atoms with Crippen molar-refractivity contribution < 1.29 is 23.8 Å². The molecule has 0 amide bonds. The molecular formula is C55H45N4Pt-3. The van der Waals surface area contributed by atoms with Gasteiger partial charge in [0.15, 0.2) is 0 Å². The monoisotopic (exact) mass is 958 g/mol. The van der Waals surface area contributed by atoms with E-state index in [0.29, 0.717) is 11.1 Å². The van der Waals surface area contributed by atoms with E-state index in [1.54, 1.807) is 0 Å². The minimum Gasteiger partial charge on any atom is -0.493 e. The van der Waals surface area contributed by atoms with E-state index in [0.717, 1.165) is 78.2 Å². The van der Waals surface area contributed by atoms with Crippen molar-refractivity contribution in [3.05, 3.63) is 222 Å². The second-order valence-electron chi connectivity index (χ2n) is 16.1. The third-order valence-corrected chi connectivity index (χ3v) is 11.8. The Morgan fingerprint density at radius 2 is 1.30 bits per heavy atom. The number of para-hydroxylation sites is 4. The van der Waals surface area contributed by atoms with E-state index in [2.05, 4.69) is 165 Å². The first-order valence-corrected chi connectivity index (χ1v) is 20.2. The molecule has 1 aliphatic heterocycles. The van der Waals surface area contributed by atoms with Crippen LogP contribution in [0.15, 0.2) is 164 Å². The van der Waals surface area contributed by atoms with Crippen LogP contribution >= 0.6 is 0 Å². The van der Waals surface area contributed by atoms with Gasteiger partial charge in [-0.05, 0) is 103 Å². The summed E-state index contributed by atoms with van der Waals surface area (Å²) >= 11 is 0. The van der Waals surface area contributed by atoms with Crippen molar-refractivity contribution in [1.29, 1.82) is 0 Å². The van der Waals surface area contributed by atoms with Crippen molar-refractivity contribution in [1.82, 2.24) is 9.55 Å². The quantitative estimate of drug-likeness (QED) is 0.142. The first-order valence-electron chi connectivity index (χ1n) is 21.2. The molecule has 298 valence electrons. The van der Waals surface area contributed by atoms with Crippen LogP contribution in [0.3, 0.4) is 0 Å².